The van der Waals surface area contributed by atoms with Crippen molar-refractivity contribution >= 4 is 5.95 Å². The molecule has 6 nitrogen and oxygen atoms in total. The van der Waals surface area contributed by atoms with Gasteiger partial charge in [-0.3, -0.25) is 4.90 Å². The normalized spacial score (nSPS) is 19.8. The minimum Gasteiger partial charge on any atom is -0.368 e. The minimum absolute atomic E-state index is 0.311. The molecule has 0 aromatic carbocycles. The largest absolute Gasteiger partial charge is 0.368 e. The van der Waals surface area contributed by atoms with Crippen molar-refractivity contribution in [1.29, 1.82) is 0 Å². The molecule has 0 unspecified atom stereocenters. The third kappa shape index (κ3) is 3.05. The second-order valence-electron chi connectivity index (χ2n) is 5.45. The zero-order valence-corrected chi connectivity index (χ0v) is 12.4. The fraction of sp³-hybridized carbons (Fsp3) is 0.533. The van der Waals surface area contributed by atoms with Crippen molar-refractivity contribution in [3.63, 3.8) is 0 Å². The fourth-order valence-electron chi connectivity index (χ4n) is 3.05. The monoisotopic (exact) mass is 286 g/mol. The Bertz CT molecular complexity index is 593. The van der Waals surface area contributed by atoms with Crippen LogP contribution >= 0.6 is 0 Å². The quantitative estimate of drug-likeness (QED) is 0.930. The number of imidazole rings is 1. The van der Waals surface area contributed by atoms with Crippen molar-refractivity contribution < 1.29 is 0 Å². The molecule has 2 N–H and O–H groups in total. The zero-order chi connectivity index (χ0) is 14.7. The van der Waals surface area contributed by atoms with E-state index in [4.69, 9.17) is 5.73 Å². The molecule has 3 rings (SSSR count). The summed E-state index contributed by atoms with van der Waals surface area (Å²) in [6.07, 6.45) is 9.23. The Morgan fingerprint density at radius 1 is 1.29 bits per heavy atom. The number of hydrogen-bond acceptors (Lipinski definition) is 5. The van der Waals surface area contributed by atoms with E-state index < -0.39 is 0 Å². The van der Waals surface area contributed by atoms with E-state index in [0.717, 1.165) is 37.6 Å². The van der Waals surface area contributed by atoms with Gasteiger partial charge < -0.3 is 10.3 Å². The first-order chi connectivity index (χ1) is 10.3. The highest BCUT2D eigenvalue weighted by Crippen LogP contribution is 2.30. The van der Waals surface area contributed by atoms with Gasteiger partial charge in [0.15, 0.2) is 0 Å². The van der Waals surface area contributed by atoms with Gasteiger partial charge >= 0.3 is 0 Å². The lowest BCUT2D eigenvalue weighted by atomic mass is 9.99. The topological polar surface area (TPSA) is 72.9 Å². The molecule has 0 bridgehead atoms. The molecule has 3 heterocycles. The summed E-state index contributed by atoms with van der Waals surface area (Å²) >= 11 is 0. The summed E-state index contributed by atoms with van der Waals surface area (Å²) in [5, 5.41) is 0. The van der Waals surface area contributed by atoms with Gasteiger partial charge in [-0.05, 0) is 32.4 Å². The second kappa shape index (κ2) is 6.22. The van der Waals surface area contributed by atoms with Crippen LogP contribution in [0.15, 0.2) is 24.7 Å². The molecule has 1 aliphatic heterocycles. The molecule has 1 atom stereocenters. The zero-order valence-electron chi connectivity index (χ0n) is 12.4. The molecule has 1 aliphatic rings. The Kier molecular flexibility index (Phi) is 4.15. The van der Waals surface area contributed by atoms with Gasteiger partial charge in [0, 0.05) is 25.1 Å². The summed E-state index contributed by atoms with van der Waals surface area (Å²) in [7, 11) is 0. The molecular weight excluding hydrogens is 264 g/mol. The first-order valence-electron chi connectivity index (χ1n) is 7.60. The maximum Gasteiger partial charge on any atom is 0.220 e. The van der Waals surface area contributed by atoms with Gasteiger partial charge in [0.2, 0.25) is 5.95 Å². The number of likely N-dealkylation sites (tertiary alicyclic amines) is 1. The molecule has 1 fully saturated rings. The summed E-state index contributed by atoms with van der Waals surface area (Å²) in [4.78, 5) is 15.4. The van der Waals surface area contributed by atoms with Gasteiger partial charge in [-0.25, -0.2) is 15.0 Å². The third-order valence-electron chi connectivity index (χ3n) is 4.14. The van der Waals surface area contributed by atoms with Crippen LogP contribution in [0.1, 0.15) is 43.7 Å². The number of aryl methyl sites for hydroxylation is 1. The highest BCUT2D eigenvalue weighted by molar-refractivity contribution is 5.20. The van der Waals surface area contributed by atoms with Crippen LogP contribution in [0.25, 0.3) is 0 Å². The molecule has 21 heavy (non-hydrogen) atoms. The Labute approximate surface area is 125 Å². The minimum atomic E-state index is 0.311. The molecule has 2 aromatic rings. The summed E-state index contributed by atoms with van der Waals surface area (Å²) in [6.45, 7) is 5.03. The predicted octanol–water partition coefficient (Wildman–Crippen LogP) is 2.00. The van der Waals surface area contributed by atoms with Crippen molar-refractivity contribution in [2.45, 2.75) is 45.3 Å². The molecule has 0 spiro atoms. The predicted molar refractivity (Wildman–Crippen MR) is 81.3 cm³/mol. The number of nitrogens with zero attached hydrogens (tertiary/aromatic N) is 5. The summed E-state index contributed by atoms with van der Waals surface area (Å²) in [5.41, 5.74) is 6.76. The molecule has 0 amide bonds. The summed E-state index contributed by atoms with van der Waals surface area (Å²) in [6, 6.07) is 2.29. The average molecular weight is 286 g/mol. The van der Waals surface area contributed by atoms with Crippen LogP contribution in [0.4, 0.5) is 5.95 Å². The van der Waals surface area contributed by atoms with Crippen LogP contribution in [-0.4, -0.2) is 31.0 Å². The van der Waals surface area contributed by atoms with Crippen molar-refractivity contribution in [2.75, 3.05) is 12.3 Å². The van der Waals surface area contributed by atoms with E-state index in [0.29, 0.717) is 12.0 Å². The van der Waals surface area contributed by atoms with Crippen LogP contribution in [0.3, 0.4) is 0 Å². The van der Waals surface area contributed by atoms with E-state index >= 15 is 0 Å². The van der Waals surface area contributed by atoms with Gasteiger partial charge in [-0.2, -0.15) is 0 Å². The smallest absolute Gasteiger partial charge is 0.220 e. The van der Waals surface area contributed by atoms with Crippen LogP contribution in [0, 0.1) is 0 Å². The van der Waals surface area contributed by atoms with Crippen LogP contribution in [-0.2, 0) is 13.1 Å². The van der Waals surface area contributed by atoms with Crippen molar-refractivity contribution in [3.8, 4) is 0 Å². The molecular formula is C15H22N6. The lowest BCUT2D eigenvalue weighted by molar-refractivity contribution is 0.132. The molecule has 0 aliphatic carbocycles. The molecule has 0 radical (unpaired) electrons. The van der Waals surface area contributed by atoms with Crippen LogP contribution in [0.5, 0.6) is 0 Å². The van der Waals surface area contributed by atoms with Gasteiger partial charge in [-0.1, -0.05) is 6.42 Å². The summed E-state index contributed by atoms with van der Waals surface area (Å²) < 4.78 is 2.19. The lowest BCUT2D eigenvalue weighted by Crippen LogP contribution is -2.34. The number of anilines is 1. The van der Waals surface area contributed by atoms with Gasteiger partial charge in [0.1, 0.15) is 5.82 Å². The van der Waals surface area contributed by atoms with Crippen molar-refractivity contribution in [3.05, 3.63) is 36.2 Å². The maximum atomic E-state index is 5.74. The van der Waals surface area contributed by atoms with Crippen LogP contribution < -0.4 is 5.73 Å². The molecule has 0 saturated carbocycles. The number of nitrogens with two attached hydrogens (primary N) is 1. The average Bonchev–Trinajstić information content (AvgIpc) is 2.95. The SMILES string of the molecule is CCn1ccnc1CN1CCCC[C@@H]1c1ccnc(N)n1. The Morgan fingerprint density at radius 2 is 2.19 bits per heavy atom. The lowest BCUT2D eigenvalue weighted by Gasteiger charge is -2.35. The number of nitrogen functional groups attached to an aromatic ring is 1. The Hall–Kier alpha value is -1.95. The van der Waals surface area contributed by atoms with E-state index in [-0.39, 0.29) is 0 Å². The first kappa shape index (κ1) is 14.0. The number of rotatable bonds is 4. The molecule has 6 heteroatoms. The van der Waals surface area contributed by atoms with E-state index in [9.17, 15) is 0 Å². The fourth-order valence-corrected chi connectivity index (χ4v) is 3.05. The first-order valence-corrected chi connectivity index (χ1v) is 7.60. The third-order valence-corrected chi connectivity index (χ3v) is 4.14. The van der Waals surface area contributed by atoms with E-state index in [1.54, 1.807) is 6.20 Å². The second-order valence-corrected chi connectivity index (χ2v) is 5.45. The van der Waals surface area contributed by atoms with Crippen molar-refractivity contribution in [1.82, 2.24) is 24.4 Å². The van der Waals surface area contributed by atoms with Crippen molar-refractivity contribution in [2.24, 2.45) is 0 Å². The summed E-state index contributed by atoms with van der Waals surface area (Å²) in [5.74, 6) is 1.47. The van der Waals surface area contributed by atoms with E-state index in [2.05, 4.69) is 31.3 Å². The van der Waals surface area contributed by atoms with Gasteiger partial charge in [-0.15, -0.1) is 0 Å². The van der Waals surface area contributed by atoms with Gasteiger partial charge in [0.05, 0.1) is 18.3 Å². The van der Waals surface area contributed by atoms with Gasteiger partial charge in [0.25, 0.3) is 0 Å². The number of hydrogen-bond donors (Lipinski definition) is 1. The molecule has 2 aromatic heterocycles. The maximum absolute atomic E-state index is 5.74. The number of piperidine rings is 1. The molecule has 1 saturated heterocycles. The Balaban J connectivity index is 1.81. The van der Waals surface area contributed by atoms with Crippen LogP contribution in [0.2, 0.25) is 0 Å². The van der Waals surface area contributed by atoms with E-state index in [1.807, 2.05) is 18.5 Å². The highest BCUT2D eigenvalue weighted by Gasteiger charge is 2.26. The highest BCUT2D eigenvalue weighted by atomic mass is 15.2. The Morgan fingerprint density at radius 3 is 3.00 bits per heavy atom. The standard InChI is InChI=1S/C15H22N6/c1-2-20-10-8-17-14(20)11-21-9-4-3-5-13(21)12-6-7-18-15(16)19-12/h6-8,10,13H,2-5,9,11H2,1H3,(H2,16,18,19)/t13-/m1/s1. The number of aromatic nitrogens is 4. The van der Waals surface area contributed by atoms with E-state index in [1.165, 1.54) is 12.8 Å². The molecule has 112 valence electrons.